The largest absolute Gasteiger partial charge is 0.361 e. The van der Waals surface area contributed by atoms with E-state index in [2.05, 4.69) is 10.5 Å². The highest BCUT2D eigenvalue weighted by Crippen LogP contribution is 2.18. The lowest BCUT2D eigenvalue weighted by molar-refractivity contribution is 0.0946. The summed E-state index contributed by atoms with van der Waals surface area (Å²) < 4.78 is 27.5. The molecule has 1 amide bonds. The fourth-order valence-corrected chi connectivity index (χ4v) is 4.03. The molecular weight excluding hydrogens is 256 g/mol. The number of nitrogens with one attached hydrogen (secondary N) is 1. The Balaban J connectivity index is 1.94. The zero-order valence-electron chi connectivity index (χ0n) is 10.4. The number of hydrogen-bond acceptors (Lipinski definition) is 5. The molecule has 0 aliphatic carbocycles. The van der Waals surface area contributed by atoms with Crippen molar-refractivity contribution in [3.05, 3.63) is 17.0 Å². The Morgan fingerprint density at radius 2 is 2.22 bits per heavy atom. The molecule has 0 radical (unpaired) electrons. The zero-order valence-corrected chi connectivity index (χ0v) is 11.2. The normalized spacial score (nSPS) is 22.0. The highest BCUT2D eigenvalue weighted by molar-refractivity contribution is 7.91. The topological polar surface area (TPSA) is 89.3 Å². The van der Waals surface area contributed by atoms with Crippen LogP contribution >= 0.6 is 0 Å². The van der Waals surface area contributed by atoms with Gasteiger partial charge in [-0.05, 0) is 26.2 Å². The Labute approximate surface area is 106 Å². The number of nitrogens with zero attached hydrogens (tertiary/aromatic N) is 1. The molecular formula is C11H16N2O4S. The first kappa shape index (κ1) is 13.1. The Kier molecular flexibility index (Phi) is 3.43. The predicted molar refractivity (Wildman–Crippen MR) is 65.1 cm³/mol. The number of amides is 1. The molecule has 1 aromatic rings. The van der Waals surface area contributed by atoms with E-state index < -0.39 is 9.84 Å². The van der Waals surface area contributed by atoms with Gasteiger partial charge in [0.2, 0.25) is 0 Å². The number of rotatable bonds is 3. The minimum Gasteiger partial charge on any atom is -0.361 e. The molecule has 1 saturated heterocycles. The average Bonchev–Trinajstić information content (AvgIpc) is 2.79. The van der Waals surface area contributed by atoms with Gasteiger partial charge in [-0.3, -0.25) is 4.79 Å². The van der Waals surface area contributed by atoms with Crippen LogP contribution in [0.1, 0.15) is 28.2 Å². The molecule has 1 aromatic heterocycles. The second-order valence-corrected chi connectivity index (χ2v) is 6.91. The number of sulfone groups is 1. The molecule has 1 atom stereocenters. The van der Waals surface area contributed by atoms with Crippen LogP contribution in [0.4, 0.5) is 0 Å². The van der Waals surface area contributed by atoms with Gasteiger partial charge in [0, 0.05) is 6.54 Å². The molecule has 100 valence electrons. The van der Waals surface area contributed by atoms with Crippen molar-refractivity contribution in [2.24, 2.45) is 5.92 Å². The first-order valence-electron chi connectivity index (χ1n) is 5.80. The predicted octanol–water partition coefficient (Wildman–Crippen LogP) is 0.456. The van der Waals surface area contributed by atoms with Crippen molar-refractivity contribution < 1.29 is 17.7 Å². The van der Waals surface area contributed by atoms with Gasteiger partial charge in [-0.25, -0.2) is 8.42 Å². The Morgan fingerprint density at radius 3 is 2.72 bits per heavy atom. The second-order valence-electron chi connectivity index (χ2n) is 4.68. The Morgan fingerprint density at radius 1 is 1.50 bits per heavy atom. The van der Waals surface area contributed by atoms with E-state index in [4.69, 9.17) is 4.52 Å². The maximum atomic E-state index is 11.9. The van der Waals surface area contributed by atoms with Crippen molar-refractivity contribution in [1.82, 2.24) is 10.5 Å². The number of hydrogen-bond donors (Lipinski definition) is 1. The number of carbonyl (C=O) groups is 1. The lowest BCUT2D eigenvalue weighted by Gasteiger charge is -2.09. The summed E-state index contributed by atoms with van der Waals surface area (Å²) in [6.07, 6.45) is 0.615. The second kappa shape index (κ2) is 4.72. The van der Waals surface area contributed by atoms with Crippen LogP contribution in [0.25, 0.3) is 0 Å². The van der Waals surface area contributed by atoms with E-state index in [1.807, 2.05) is 0 Å². The maximum Gasteiger partial charge on any atom is 0.256 e. The van der Waals surface area contributed by atoms with E-state index in [-0.39, 0.29) is 23.3 Å². The fourth-order valence-electron chi connectivity index (χ4n) is 2.17. The summed E-state index contributed by atoms with van der Waals surface area (Å²) in [5.41, 5.74) is 0.986. The molecule has 1 aliphatic rings. The molecule has 0 saturated carbocycles. The van der Waals surface area contributed by atoms with Gasteiger partial charge in [-0.2, -0.15) is 0 Å². The summed E-state index contributed by atoms with van der Waals surface area (Å²) in [5, 5.41) is 6.45. The van der Waals surface area contributed by atoms with E-state index in [9.17, 15) is 13.2 Å². The molecule has 1 N–H and O–H groups in total. The van der Waals surface area contributed by atoms with Gasteiger partial charge >= 0.3 is 0 Å². The van der Waals surface area contributed by atoms with Crippen LogP contribution < -0.4 is 5.32 Å². The zero-order chi connectivity index (χ0) is 13.3. The van der Waals surface area contributed by atoms with Gasteiger partial charge in [-0.1, -0.05) is 5.16 Å². The summed E-state index contributed by atoms with van der Waals surface area (Å²) in [5.74, 6) is 0.618. The van der Waals surface area contributed by atoms with Crippen LogP contribution in [0, 0.1) is 19.8 Å². The van der Waals surface area contributed by atoms with E-state index in [1.165, 1.54) is 0 Å². The SMILES string of the molecule is Cc1noc(C)c1C(=O)NC[C@@H]1CCS(=O)(=O)C1. The monoisotopic (exact) mass is 272 g/mol. The van der Waals surface area contributed by atoms with E-state index in [0.717, 1.165) is 0 Å². The lowest BCUT2D eigenvalue weighted by atomic mass is 10.1. The van der Waals surface area contributed by atoms with Crippen molar-refractivity contribution in [3.63, 3.8) is 0 Å². The summed E-state index contributed by atoms with van der Waals surface area (Å²) in [7, 11) is -2.90. The van der Waals surface area contributed by atoms with E-state index in [1.54, 1.807) is 13.8 Å². The molecule has 6 nitrogen and oxygen atoms in total. The lowest BCUT2D eigenvalue weighted by Crippen LogP contribution is -2.30. The minimum absolute atomic E-state index is 0.0134. The molecule has 2 rings (SSSR count). The van der Waals surface area contributed by atoms with Crippen molar-refractivity contribution in [2.75, 3.05) is 18.1 Å². The molecule has 18 heavy (non-hydrogen) atoms. The van der Waals surface area contributed by atoms with Crippen LogP contribution in [-0.2, 0) is 9.84 Å². The quantitative estimate of drug-likeness (QED) is 0.863. The van der Waals surface area contributed by atoms with E-state index >= 15 is 0 Å². The fraction of sp³-hybridized carbons (Fsp3) is 0.636. The highest BCUT2D eigenvalue weighted by Gasteiger charge is 2.28. The third-order valence-electron chi connectivity index (χ3n) is 3.14. The highest BCUT2D eigenvalue weighted by atomic mass is 32.2. The number of aromatic nitrogens is 1. The Hall–Kier alpha value is -1.37. The standard InChI is InChI=1S/C11H16N2O4S/c1-7-10(8(2)17-13-7)11(14)12-5-9-3-4-18(15,16)6-9/h9H,3-6H2,1-2H3,(H,12,14)/t9-/m0/s1. The molecule has 0 spiro atoms. The van der Waals surface area contributed by atoms with Crippen molar-refractivity contribution in [2.45, 2.75) is 20.3 Å². The van der Waals surface area contributed by atoms with Gasteiger partial charge in [0.1, 0.15) is 11.3 Å². The summed E-state index contributed by atoms with van der Waals surface area (Å²) >= 11 is 0. The number of carbonyl (C=O) groups excluding carboxylic acids is 1. The maximum absolute atomic E-state index is 11.9. The van der Waals surface area contributed by atoms with Gasteiger partial charge in [-0.15, -0.1) is 0 Å². The Bertz CT molecular complexity index is 542. The average molecular weight is 272 g/mol. The number of aryl methyl sites for hydroxylation is 2. The molecule has 0 bridgehead atoms. The van der Waals surface area contributed by atoms with Crippen LogP contribution in [0.2, 0.25) is 0 Å². The van der Waals surface area contributed by atoms with Crippen LogP contribution in [0.3, 0.4) is 0 Å². The van der Waals surface area contributed by atoms with Gasteiger partial charge in [0.25, 0.3) is 5.91 Å². The van der Waals surface area contributed by atoms with Crippen molar-refractivity contribution in [1.29, 1.82) is 0 Å². The van der Waals surface area contributed by atoms with E-state index in [0.29, 0.717) is 30.0 Å². The van der Waals surface area contributed by atoms with Crippen LogP contribution in [0.5, 0.6) is 0 Å². The molecule has 7 heteroatoms. The molecule has 0 aromatic carbocycles. The first-order chi connectivity index (χ1) is 8.39. The minimum atomic E-state index is -2.90. The van der Waals surface area contributed by atoms with Crippen molar-refractivity contribution in [3.8, 4) is 0 Å². The molecule has 0 unspecified atom stereocenters. The smallest absolute Gasteiger partial charge is 0.256 e. The molecule has 2 heterocycles. The third kappa shape index (κ3) is 2.72. The summed E-state index contributed by atoms with van der Waals surface area (Å²) in [6, 6.07) is 0. The summed E-state index contributed by atoms with van der Waals surface area (Å²) in [4.78, 5) is 11.9. The van der Waals surface area contributed by atoms with Gasteiger partial charge < -0.3 is 9.84 Å². The van der Waals surface area contributed by atoms with Crippen LogP contribution in [-0.4, -0.2) is 37.5 Å². The summed E-state index contributed by atoms with van der Waals surface area (Å²) in [6.45, 7) is 3.75. The van der Waals surface area contributed by atoms with Gasteiger partial charge in [0.05, 0.1) is 17.2 Å². The van der Waals surface area contributed by atoms with Crippen molar-refractivity contribution >= 4 is 15.7 Å². The molecule has 1 fully saturated rings. The third-order valence-corrected chi connectivity index (χ3v) is 4.98. The molecule has 1 aliphatic heterocycles. The van der Waals surface area contributed by atoms with Crippen LogP contribution in [0.15, 0.2) is 4.52 Å². The first-order valence-corrected chi connectivity index (χ1v) is 7.62. The van der Waals surface area contributed by atoms with Gasteiger partial charge in [0.15, 0.2) is 9.84 Å².